The molecule has 1 heterocycles. The lowest BCUT2D eigenvalue weighted by molar-refractivity contribution is -0.118. The van der Waals surface area contributed by atoms with Crippen LogP contribution in [-0.4, -0.2) is 50.7 Å². The van der Waals surface area contributed by atoms with E-state index in [1.807, 2.05) is 20.8 Å². The first-order valence-electron chi connectivity index (χ1n) is 10.4. The minimum atomic E-state index is -3.54. The standard InChI is InChI=1S/C21H32FN3O5S/c1-15(16-8-9-17(22)18(12-16)30-14-21(2,3)4)24-31(28,29)11-7-5-6-10-25-13-19(26)23-20(25)27/h8-9,12,15,24H,5-7,10-11,13-14H2,1-4H3,(H,23,26,27)/t15-/m1/s1. The van der Waals surface area contributed by atoms with E-state index in [4.69, 9.17) is 4.74 Å². The first-order chi connectivity index (χ1) is 14.4. The maximum atomic E-state index is 14.0. The molecule has 0 saturated carbocycles. The molecule has 0 spiro atoms. The third-order valence-electron chi connectivity index (χ3n) is 4.68. The Hall–Kier alpha value is -2.20. The number of carbonyl (C=O) groups is 2. The van der Waals surface area contributed by atoms with Crippen LogP contribution in [0.15, 0.2) is 18.2 Å². The molecule has 0 aliphatic carbocycles. The normalized spacial score (nSPS) is 15.8. The van der Waals surface area contributed by atoms with Crippen LogP contribution in [0.4, 0.5) is 9.18 Å². The quantitative estimate of drug-likeness (QED) is 0.393. The van der Waals surface area contributed by atoms with E-state index >= 15 is 0 Å². The van der Waals surface area contributed by atoms with E-state index in [1.165, 1.54) is 23.1 Å². The topological polar surface area (TPSA) is 105 Å². The summed E-state index contributed by atoms with van der Waals surface area (Å²) in [5.41, 5.74) is 0.475. The number of unbranched alkanes of at least 4 members (excludes halogenated alkanes) is 2. The van der Waals surface area contributed by atoms with Crippen molar-refractivity contribution in [1.29, 1.82) is 0 Å². The van der Waals surface area contributed by atoms with Gasteiger partial charge >= 0.3 is 6.03 Å². The number of urea groups is 1. The summed E-state index contributed by atoms with van der Waals surface area (Å²) < 4.78 is 47.0. The van der Waals surface area contributed by atoms with Gasteiger partial charge in [-0.05, 0) is 42.9 Å². The average molecular weight is 458 g/mol. The lowest BCUT2D eigenvalue weighted by Gasteiger charge is -2.20. The van der Waals surface area contributed by atoms with Gasteiger partial charge in [0.15, 0.2) is 11.6 Å². The molecule has 8 nitrogen and oxygen atoms in total. The number of imide groups is 1. The molecule has 2 rings (SSSR count). The third kappa shape index (κ3) is 8.45. The minimum Gasteiger partial charge on any atom is -0.490 e. The van der Waals surface area contributed by atoms with Crippen LogP contribution in [0.25, 0.3) is 0 Å². The second kappa shape index (κ2) is 10.4. The van der Waals surface area contributed by atoms with Gasteiger partial charge in [0.2, 0.25) is 15.9 Å². The van der Waals surface area contributed by atoms with Gasteiger partial charge in [-0.1, -0.05) is 33.3 Å². The summed E-state index contributed by atoms with van der Waals surface area (Å²) in [4.78, 5) is 24.0. The first-order valence-corrected chi connectivity index (χ1v) is 12.0. The van der Waals surface area contributed by atoms with Crippen molar-refractivity contribution in [3.8, 4) is 5.75 Å². The van der Waals surface area contributed by atoms with Gasteiger partial charge in [-0.25, -0.2) is 22.3 Å². The van der Waals surface area contributed by atoms with Gasteiger partial charge in [-0.15, -0.1) is 0 Å². The van der Waals surface area contributed by atoms with Crippen LogP contribution < -0.4 is 14.8 Å². The predicted octanol–water partition coefficient (Wildman–Crippen LogP) is 2.95. The lowest BCUT2D eigenvalue weighted by Crippen LogP contribution is -2.30. The van der Waals surface area contributed by atoms with Crippen molar-refractivity contribution in [1.82, 2.24) is 14.9 Å². The molecule has 1 saturated heterocycles. The van der Waals surface area contributed by atoms with Crippen LogP contribution in [0.3, 0.4) is 0 Å². The summed E-state index contributed by atoms with van der Waals surface area (Å²) in [7, 11) is -3.54. The van der Waals surface area contributed by atoms with Crippen LogP contribution in [0.5, 0.6) is 5.75 Å². The van der Waals surface area contributed by atoms with Crippen molar-refractivity contribution in [2.24, 2.45) is 5.41 Å². The fourth-order valence-corrected chi connectivity index (χ4v) is 4.40. The maximum absolute atomic E-state index is 14.0. The highest BCUT2D eigenvalue weighted by Crippen LogP contribution is 2.25. The number of nitrogens with one attached hydrogen (secondary N) is 2. The van der Waals surface area contributed by atoms with Gasteiger partial charge < -0.3 is 9.64 Å². The summed E-state index contributed by atoms with van der Waals surface area (Å²) in [6.07, 6.45) is 1.64. The molecule has 0 unspecified atom stereocenters. The average Bonchev–Trinajstić information content (AvgIpc) is 2.96. The third-order valence-corrected chi connectivity index (χ3v) is 6.22. The summed E-state index contributed by atoms with van der Waals surface area (Å²) in [5.74, 6) is -0.769. The van der Waals surface area contributed by atoms with Crippen LogP contribution >= 0.6 is 0 Å². The molecule has 1 aliphatic rings. The number of ether oxygens (including phenoxy) is 1. The molecular formula is C21H32FN3O5S. The number of sulfonamides is 1. The Labute approximate surface area is 183 Å². The molecule has 10 heteroatoms. The Kier molecular flexibility index (Phi) is 8.41. The zero-order chi connectivity index (χ0) is 23.2. The monoisotopic (exact) mass is 457 g/mol. The number of carbonyl (C=O) groups excluding carboxylic acids is 2. The van der Waals surface area contributed by atoms with E-state index in [0.29, 0.717) is 38.0 Å². The van der Waals surface area contributed by atoms with E-state index in [9.17, 15) is 22.4 Å². The van der Waals surface area contributed by atoms with Crippen molar-refractivity contribution in [3.63, 3.8) is 0 Å². The smallest absolute Gasteiger partial charge is 0.324 e. The maximum Gasteiger partial charge on any atom is 0.324 e. The summed E-state index contributed by atoms with van der Waals surface area (Å²) >= 11 is 0. The molecule has 174 valence electrons. The molecule has 31 heavy (non-hydrogen) atoms. The number of benzene rings is 1. The van der Waals surface area contributed by atoms with Crippen molar-refractivity contribution < 1.29 is 27.1 Å². The predicted molar refractivity (Wildman–Crippen MR) is 116 cm³/mol. The Morgan fingerprint density at radius 2 is 1.94 bits per heavy atom. The van der Waals surface area contributed by atoms with Gasteiger partial charge in [-0.3, -0.25) is 10.1 Å². The SMILES string of the molecule is C[C@@H](NS(=O)(=O)CCCCCN1CC(=O)NC1=O)c1ccc(F)c(OCC(C)(C)C)c1. The van der Waals surface area contributed by atoms with Crippen LogP contribution in [0, 0.1) is 11.2 Å². The number of amides is 3. The second-order valence-electron chi connectivity index (χ2n) is 9.03. The van der Waals surface area contributed by atoms with Gasteiger partial charge in [0.25, 0.3) is 0 Å². The van der Waals surface area contributed by atoms with E-state index < -0.39 is 27.9 Å². The number of hydrogen-bond acceptors (Lipinski definition) is 5. The molecule has 1 aromatic rings. The summed E-state index contributed by atoms with van der Waals surface area (Å²) in [5, 5.41) is 2.20. The van der Waals surface area contributed by atoms with E-state index in [0.717, 1.165) is 0 Å². The molecular weight excluding hydrogens is 425 g/mol. The molecule has 1 aliphatic heterocycles. The molecule has 1 atom stereocenters. The Morgan fingerprint density at radius 3 is 2.55 bits per heavy atom. The largest absolute Gasteiger partial charge is 0.490 e. The zero-order valence-electron chi connectivity index (χ0n) is 18.5. The number of nitrogens with zero attached hydrogens (tertiary/aromatic N) is 1. The fourth-order valence-electron chi connectivity index (χ4n) is 3.03. The van der Waals surface area contributed by atoms with Crippen molar-refractivity contribution in [2.45, 2.75) is 53.0 Å². The van der Waals surface area contributed by atoms with E-state index in [-0.39, 0.29) is 29.4 Å². The number of hydrogen-bond donors (Lipinski definition) is 2. The first kappa shape index (κ1) is 25.1. The van der Waals surface area contributed by atoms with E-state index in [2.05, 4.69) is 10.0 Å². The molecule has 1 aromatic carbocycles. The van der Waals surface area contributed by atoms with Crippen LogP contribution in [0.2, 0.25) is 0 Å². The highest BCUT2D eigenvalue weighted by molar-refractivity contribution is 7.89. The van der Waals surface area contributed by atoms with E-state index in [1.54, 1.807) is 6.92 Å². The van der Waals surface area contributed by atoms with Crippen LogP contribution in [0.1, 0.15) is 58.6 Å². The number of halogens is 1. The highest BCUT2D eigenvalue weighted by atomic mass is 32.2. The van der Waals surface area contributed by atoms with Gasteiger partial charge in [0.1, 0.15) is 6.54 Å². The summed E-state index contributed by atoms with van der Waals surface area (Å²) in [6, 6.07) is 3.39. The Bertz CT molecular complexity index is 899. The second-order valence-corrected chi connectivity index (χ2v) is 10.9. The minimum absolute atomic E-state index is 0.0509. The van der Waals surface area contributed by atoms with Gasteiger partial charge in [0.05, 0.1) is 12.4 Å². The molecule has 1 fully saturated rings. The fraction of sp³-hybridized carbons (Fsp3) is 0.619. The van der Waals surface area contributed by atoms with Crippen molar-refractivity contribution in [2.75, 3.05) is 25.4 Å². The highest BCUT2D eigenvalue weighted by Gasteiger charge is 2.25. The molecule has 0 aromatic heterocycles. The molecule has 0 radical (unpaired) electrons. The van der Waals surface area contributed by atoms with Gasteiger partial charge in [-0.2, -0.15) is 0 Å². The lowest BCUT2D eigenvalue weighted by atomic mass is 9.98. The van der Waals surface area contributed by atoms with Gasteiger partial charge in [0, 0.05) is 12.6 Å². The Balaban J connectivity index is 1.81. The zero-order valence-corrected chi connectivity index (χ0v) is 19.4. The van der Waals surface area contributed by atoms with Crippen molar-refractivity contribution >= 4 is 22.0 Å². The number of rotatable bonds is 11. The molecule has 0 bridgehead atoms. The Morgan fingerprint density at radius 1 is 1.23 bits per heavy atom. The summed E-state index contributed by atoms with van der Waals surface area (Å²) in [6.45, 7) is 8.42. The molecule has 3 amide bonds. The molecule has 2 N–H and O–H groups in total. The van der Waals surface area contributed by atoms with Crippen molar-refractivity contribution in [3.05, 3.63) is 29.6 Å². The van der Waals surface area contributed by atoms with Crippen LogP contribution in [-0.2, 0) is 14.8 Å².